The Kier molecular flexibility index (Phi) is 6.75. The predicted octanol–water partition coefficient (Wildman–Crippen LogP) is 3.35. The Morgan fingerprint density at radius 2 is 1.83 bits per heavy atom. The number of aliphatic carboxylic acids is 1. The summed E-state index contributed by atoms with van der Waals surface area (Å²) in [5.41, 5.74) is 8.01. The summed E-state index contributed by atoms with van der Waals surface area (Å²) in [4.78, 5) is 21.9. The number of nitrogens with one attached hydrogen (secondary N) is 1. The van der Waals surface area contributed by atoms with Crippen molar-refractivity contribution in [2.45, 2.75) is 13.1 Å². The first-order valence-corrected chi connectivity index (χ1v) is 8.31. The Hall–Kier alpha value is -3.63. The number of hydrogen-bond donors (Lipinski definition) is 3. The number of rotatable bonds is 4. The Morgan fingerprint density at radius 1 is 1.17 bits per heavy atom. The molecule has 8 nitrogen and oxygen atoms in total. The van der Waals surface area contributed by atoms with Crippen LogP contribution in [0.1, 0.15) is 6.92 Å². The van der Waals surface area contributed by atoms with Crippen LogP contribution in [0.2, 0.25) is 0 Å². The zero-order chi connectivity index (χ0) is 21.6. The van der Waals surface area contributed by atoms with Gasteiger partial charge in [-0.1, -0.05) is 12.1 Å². The number of fused-ring (bicyclic) bond motifs is 1. The van der Waals surface area contributed by atoms with Crippen LogP contribution in [0.4, 0.5) is 24.9 Å². The summed E-state index contributed by atoms with van der Waals surface area (Å²) in [6.45, 7) is 2.56. The highest BCUT2D eigenvalue weighted by Crippen LogP contribution is 2.30. The van der Waals surface area contributed by atoms with E-state index in [1.54, 1.807) is 7.05 Å². The number of anilines is 2. The number of nitrogens with zero attached hydrogens (tertiary/aromatic N) is 3. The number of para-hydroxylation sites is 1. The summed E-state index contributed by atoms with van der Waals surface area (Å²) in [5, 5.41) is 11.0. The van der Waals surface area contributed by atoms with Crippen molar-refractivity contribution in [3.05, 3.63) is 36.4 Å². The normalized spacial score (nSPS) is 10.8. The van der Waals surface area contributed by atoms with E-state index < -0.39 is 12.1 Å². The predicted molar refractivity (Wildman–Crippen MR) is 102 cm³/mol. The van der Waals surface area contributed by atoms with Gasteiger partial charge in [0.05, 0.1) is 17.7 Å². The molecule has 3 aromatic rings. The number of carboxylic acid groups (broad SMARTS) is 1. The maximum absolute atomic E-state index is 10.6. The van der Waals surface area contributed by atoms with Crippen molar-refractivity contribution in [1.82, 2.24) is 15.0 Å². The number of halogens is 3. The lowest BCUT2D eigenvalue weighted by molar-refractivity contribution is -0.192. The molecule has 0 atom stereocenters. The Balaban J connectivity index is 0.000000370. The van der Waals surface area contributed by atoms with E-state index in [-0.39, 0.29) is 5.95 Å². The molecule has 0 aliphatic heterocycles. The molecule has 0 aliphatic carbocycles. The minimum Gasteiger partial charge on any atom is -0.493 e. The molecule has 0 saturated carbocycles. The molecule has 0 aliphatic rings. The molecular weight excluding hydrogens is 391 g/mol. The fourth-order valence-electron chi connectivity index (χ4n) is 2.33. The van der Waals surface area contributed by atoms with Gasteiger partial charge >= 0.3 is 12.1 Å². The van der Waals surface area contributed by atoms with Crippen molar-refractivity contribution in [2.24, 2.45) is 0 Å². The average Bonchev–Trinajstić information content (AvgIpc) is 2.67. The molecule has 0 unspecified atom stereocenters. The van der Waals surface area contributed by atoms with Crippen LogP contribution in [0, 0.1) is 0 Å². The highest BCUT2D eigenvalue weighted by atomic mass is 19.4. The Bertz CT molecular complexity index is 1010. The maximum Gasteiger partial charge on any atom is 0.490 e. The van der Waals surface area contributed by atoms with E-state index in [2.05, 4.69) is 20.3 Å². The fraction of sp³-hybridized carbons (Fsp3) is 0.222. The lowest BCUT2D eigenvalue weighted by Crippen LogP contribution is -2.21. The van der Waals surface area contributed by atoms with E-state index in [4.69, 9.17) is 20.4 Å². The Labute approximate surface area is 163 Å². The third-order valence-corrected chi connectivity index (χ3v) is 3.52. The van der Waals surface area contributed by atoms with E-state index >= 15 is 0 Å². The zero-order valence-corrected chi connectivity index (χ0v) is 15.5. The van der Waals surface area contributed by atoms with Gasteiger partial charge in [-0.25, -0.2) is 9.78 Å². The maximum atomic E-state index is 10.6. The quantitative estimate of drug-likeness (QED) is 0.599. The summed E-state index contributed by atoms with van der Waals surface area (Å²) in [7, 11) is 1.79. The smallest absolute Gasteiger partial charge is 0.490 e. The van der Waals surface area contributed by atoms with Crippen LogP contribution in [0.5, 0.6) is 5.75 Å². The van der Waals surface area contributed by atoms with E-state index in [1.165, 1.54) is 0 Å². The monoisotopic (exact) mass is 409 g/mol. The van der Waals surface area contributed by atoms with Crippen molar-refractivity contribution in [3.8, 4) is 17.0 Å². The van der Waals surface area contributed by atoms with Crippen LogP contribution < -0.4 is 15.8 Å². The molecule has 0 radical (unpaired) electrons. The summed E-state index contributed by atoms with van der Waals surface area (Å²) < 4.78 is 37.4. The lowest BCUT2D eigenvalue weighted by Gasteiger charge is -2.11. The number of pyridine rings is 1. The van der Waals surface area contributed by atoms with Crippen molar-refractivity contribution in [1.29, 1.82) is 0 Å². The van der Waals surface area contributed by atoms with E-state index in [0.717, 1.165) is 22.4 Å². The standard InChI is InChI=1S/C16H17N5O.C2HF3O2/c1-3-22-13-7-5-4-6-10(13)12-9-8-11-14(18-2)20-16(17)21-15(11)19-12;3-2(4,5)1(6)7/h4-9H,3H2,1-2H3,(H3,17,18,19,20,21);(H,6,7). The van der Waals surface area contributed by atoms with E-state index in [1.807, 2.05) is 43.3 Å². The van der Waals surface area contributed by atoms with Gasteiger partial charge in [-0.05, 0) is 31.2 Å². The minimum absolute atomic E-state index is 0.194. The Morgan fingerprint density at radius 3 is 2.41 bits per heavy atom. The number of benzene rings is 1. The molecule has 154 valence electrons. The van der Waals surface area contributed by atoms with E-state index in [9.17, 15) is 13.2 Å². The van der Waals surface area contributed by atoms with Gasteiger partial charge in [-0.15, -0.1) is 0 Å². The van der Waals surface area contributed by atoms with Gasteiger partial charge in [0.25, 0.3) is 0 Å². The number of nitrogen functional groups attached to an aromatic ring is 1. The van der Waals surface area contributed by atoms with Crippen molar-refractivity contribution < 1.29 is 27.8 Å². The van der Waals surface area contributed by atoms with Crippen molar-refractivity contribution in [2.75, 3.05) is 24.7 Å². The number of ether oxygens (including phenoxy) is 1. The summed E-state index contributed by atoms with van der Waals surface area (Å²) in [6.07, 6.45) is -5.08. The average molecular weight is 409 g/mol. The van der Waals surface area contributed by atoms with Gasteiger partial charge in [0.15, 0.2) is 5.65 Å². The molecule has 0 amide bonds. The number of carbonyl (C=O) groups is 1. The summed E-state index contributed by atoms with van der Waals surface area (Å²) >= 11 is 0. The highest BCUT2D eigenvalue weighted by Gasteiger charge is 2.38. The molecule has 2 aromatic heterocycles. The van der Waals surface area contributed by atoms with Gasteiger partial charge in [0.1, 0.15) is 11.6 Å². The largest absolute Gasteiger partial charge is 0.493 e. The molecule has 4 N–H and O–H groups in total. The van der Waals surface area contributed by atoms with Gasteiger partial charge in [0.2, 0.25) is 5.95 Å². The number of hydrogen-bond acceptors (Lipinski definition) is 7. The first-order chi connectivity index (χ1) is 13.7. The summed E-state index contributed by atoms with van der Waals surface area (Å²) in [5.74, 6) is -1.10. The number of aromatic nitrogens is 3. The van der Waals surface area contributed by atoms with Gasteiger partial charge < -0.3 is 20.9 Å². The van der Waals surface area contributed by atoms with E-state index in [0.29, 0.717) is 18.1 Å². The minimum atomic E-state index is -5.08. The van der Waals surface area contributed by atoms with Crippen LogP contribution in [-0.2, 0) is 4.79 Å². The SMILES string of the molecule is CCOc1ccccc1-c1ccc2c(NC)nc(N)nc2n1.O=C(O)C(F)(F)F. The second-order valence-electron chi connectivity index (χ2n) is 5.48. The molecule has 0 spiro atoms. The molecule has 2 heterocycles. The lowest BCUT2D eigenvalue weighted by atomic mass is 10.1. The highest BCUT2D eigenvalue weighted by molar-refractivity contribution is 5.89. The van der Waals surface area contributed by atoms with Gasteiger partial charge in [0, 0.05) is 12.6 Å². The molecule has 3 rings (SSSR count). The van der Waals surface area contributed by atoms with Crippen LogP contribution in [0.3, 0.4) is 0 Å². The second kappa shape index (κ2) is 9.04. The molecule has 0 saturated heterocycles. The molecule has 0 fully saturated rings. The van der Waals surface area contributed by atoms with Crippen LogP contribution >= 0.6 is 0 Å². The van der Waals surface area contributed by atoms with Gasteiger partial charge in [-0.2, -0.15) is 23.1 Å². The molecule has 11 heteroatoms. The summed E-state index contributed by atoms with van der Waals surface area (Å²) in [6, 6.07) is 11.7. The van der Waals surface area contributed by atoms with Gasteiger partial charge in [-0.3, -0.25) is 0 Å². The number of alkyl halides is 3. The van der Waals surface area contributed by atoms with Crippen molar-refractivity contribution in [3.63, 3.8) is 0 Å². The third-order valence-electron chi connectivity index (χ3n) is 3.52. The first-order valence-electron chi connectivity index (χ1n) is 8.31. The zero-order valence-electron chi connectivity index (χ0n) is 15.5. The molecule has 29 heavy (non-hydrogen) atoms. The first kappa shape index (κ1) is 21.7. The van der Waals surface area contributed by atoms with Crippen molar-refractivity contribution >= 4 is 28.8 Å². The second-order valence-corrected chi connectivity index (χ2v) is 5.48. The van der Waals surface area contributed by atoms with Crippen LogP contribution in [-0.4, -0.2) is 45.9 Å². The van der Waals surface area contributed by atoms with Crippen LogP contribution in [0.25, 0.3) is 22.3 Å². The number of carboxylic acids is 1. The van der Waals surface area contributed by atoms with Crippen LogP contribution in [0.15, 0.2) is 36.4 Å². The molecule has 0 bridgehead atoms. The fourth-order valence-corrected chi connectivity index (χ4v) is 2.33. The topological polar surface area (TPSA) is 123 Å². The number of nitrogens with two attached hydrogens (primary N) is 1. The molecular formula is C18H18F3N5O3. The molecule has 1 aromatic carbocycles. The third kappa shape index (κ3) is 5.43.